The zero-order valence-corrected chi connectivity index (χ0v) is 7.63. The molecule has 0 saturated carbocycles. The fraction of sp³-hybridized carbons (Fsp3) is 0.200. The van der Waals surface area contributed by atoms with Crippen LogP contribution in [0.5, 0.6) is 0 Å². The summed E-state index contributed by atoms with van der Waals surface area (Å²) in [5, 5.41) is 5.34. The Labute approximate surface area is 78.2 Å². The lowest BCUT2D eigenvalue weighted by Crippen LogP contribution is -2.28. The lowest BCUT2D eigenvalue weighted by molar-refractivity contribution is 0.252. The van der Waals surface area contributed by atoms with Crippen LogP contribution in [0, 0.1) is 6.92 Å². The van der Waals surface area contributed by atoms with E-state index in [1.807, 2.05) is 31.2 Å². The molecule has 0 unspecified atom stereocenters. The Kier molecular flexibility index (Phi) is 3.31. The summed E-state index contributed by atoms with van der Waals surface area (Å²) in [7, 11) is 0. The predicted octanol–water partition coefficient (Wildman–Crippen LogP) is 2.01. The maximum absolute atomic E-state index is 11.1. The van der Waals surface area contributed by atoms with E-state index in [0.717, 1.165) is 11.3 Å². The predicted molar refractivity (Wildman–Crippen MR) is 53.6 cm³/mol. The molecule has 0 heterocycles. The van der Waals surface area contributed by atoms with Gasteiger partial charge in [-0.05, 0) is 31.5 Å². The SMILES string of the molecule is [CH2]c1ccc(NC(=O)NCC)cc1. The third-order valence-electron chi connectivity index (χ3n) is 1.55. The van der Waals surface area contributed by atoms with Gasteiger partial charge in [-0.2, -0.15) is 0 Å². The van der Waals surface area contributed by atoms with E-state index in [4.69, 9.17) is 0 Å². The first-order chi connectivity index (χ1) is 6.22. The molecule has 2 amide bonds. The summed E-state index contributed by atoms with van der Waals surface area (Å²) in [6, 6.07) is 7.15. The second-order valence-corrected chi connectivity index (χ2v) is 2.68. The molecule has 0 spiro atoms. The van der Waals surface area contributed by atoms with E-state index in [1.165, 1.54) is 0 Å². The number of nitrogens with one attached hydrogen (secondary N) is 2. The van der Waals surface area contributed by atoms with Crippen molar-refractivity contribution in [2.45, 2.75) is 6.92 Å². The summed E-state index contributed by atoms with van der Waals surface area (Å²) in [5.74, 6) is 0. The smallest absolute Gasteiger partial charge is 0.319 e. The molecule has 0 aromatic heterocycles. The van der Waals surface area contributed by atoms with Gasteiger partial charge in [-0.1, -0.05) is 12.1 Å². The molecule has 13 heavy (non-hydrogen) atoms. The molecule has 0 aliphatic heterocycles. The molecule has 3 heteroatoms. The van der Waals surface area contributed by atoms with Gasteiger partial charge in [0.25, 0.3) is 0 Å². The Morgan fingerprint density at radius 3 is 2.54 bits per heavy atom. The Morgan fingerprint density at radius 1 is 1.38 bits per heavy atom. The third-order valence-corrected chi connectivity index (χ3v) is 1.55. The van der Waals surface area contributed by atoms with Crippen molar-refractivity contribution < 1.29 is 4.79 Å². The van der Waals surface area contributed by atoms with E-state index >= 15 is 0 Å². The summed E-state index contributed by atoms with van der Waals surface area (Å²) in [6.07, 6.45) is 0. The Balaban J connectivity index is 2.54. The van der Waals surface area contributed by atoms with Crippen molar-refractivity contribution in [2.24, 2.45) is 0 Å². The van der Waals surface area contributed by atoms with E-state index in [2.05, 4.69) is 17.6 Å². The zero-order valence-electron chi connectivity index (χ0n) is 7.63. The molecule has 1 radical (unpaired) electrons. The van der Waals surface area contributed by atoms with E-state index in [1.54, 1.807) is 0 Å². The number of benzene rings is 1. The first-order valence-electron chi connectivity index (χ1n) is 4.19. The molecule has 0 aliphatic carbocycles. The second kappa shape index (κ2) is 4.50. The standard InChI is InChI=1S/C10H13N2O/c1-3-11-10(13)12-9-6-4-8(2)5-7-9/h4-7H,2-3H2,1H3,(H2,11,12,13). The minimum absolute atomic E-state index is 0.181. The van der Waals surface area contributed by atoms with Crippen molar-refractivity contribution >= 4 is 11.7 Å². The van der Waals surface area contributed by atoms with Crippen LogP contribution in [0.2, 0.25) is 0 Å². The minimum Gasteiger partial charge on any atom is -0.338 e. The van der Waals surface area contributed by atoms with Crippen molar-refractivity contribution in [3.63, 3.8) is 0 Å². The number of anilines is 1. The Hall–Kier alpha value is -1.51. The van der Waals surface area contributed by atoms with Gasteiger partial charge in [0.2, 0.25) is 0 Å². The van der Waals surface area contributed by atoms with Crippen molar-refractivity contribution in [1.29, 1.82) is 0 Å². The van der Waals surface area contributed by atoms with E-state index < -0.39 is 0 Å². The van der Waals surface area contributed by atoms with Crippen LogP contribution in [0.3, 0.4) is 0 Å². The maximum atomic E-state index is 11.1. The topological polar surface area (TPSA) is 41.1 Å². The fourth-order valence-electron chi connectivity index (χ4n) is 0.924. The monoisotopic (exact) mass is 177 g/mol. The van der Waals surface area contributed by atoms with E-state index in [-0.39, 0.29) is 6.03 Å². The van der Waals surface area contributed by atoms with Crippen LogP contribution in [0.4, 0.5) is 10.5 Å². The van der Waals surface area contributed by atoms with Gasteiger partial charge in [0.05, 0.1) is 0 Å². The molecule has 0 fully saturated rings. The highest BCUT2D eigenvalue weighted by Crippen LogP contribution is 2.07. The fourth-order valence-corrected chi connectivity index (χ4v) is 0.924. The number of carbonyl (C=O) groups excluding carboxylic acids is 1. The quantitative estimate of drug-likeness (QED) is 0.712. The first-order valence-corrected chi connectivity index (χ1v) is 4.19. The molecule has 69 valence electrons. The molecular formula is C10H13N2O. The van der Waals surface area contributed by atoms with Gasteiger partial charge in [0.15, 0.2) is 0 Å². The largest absolute Gasteiger partial charge is 0.338 e. The van der Waals surface area contributed by atoms with Crippen LogP contribution < -0.4 is 10.6 Å². The molecule has 1 aromatic carbocycles. The zero-order chi connectivity index (χ0) is 9.68. The van der Waals surface area contributed by atoms with Crippen molar-refractivity contribution in [1.82, 2.24) is 5.32 Å². The highest BCUT2D eigenvalue weighted by atomic mass is 16.2. The number of rotatable bonds is 2. The van der Waals surface area contributed by atoms with Crippen LogP contribution in [0.1, 0.15) is 12.5 Å². The van der Waals surface area contributed by atoms with Crippen LogP contribution in [-0.4, -0.2) is 12.6 Å². The minimum atomic E-state index is -0.181. The van der Waals surface area contributed by atoms with Gasteiger partial charge in [0.1, 0.15) is 0 Å². The summed E-state index contributed by atoms with van der Waals surface area (Å²) < 4.78 is 0. The summed E-state index contributed by atoms with van der Waals surface area (Å²) in [4.78, 5) is 11.1. The Bertz CT molecular complexity index is 279. The number of amides is 2. The normalized spacial score (nSPS) is 9.38. The van der Waals surface area contributed by atoms with Crippen molar-refractivity contribution in [3.05, 3.63) is 36.8 Å². The van der Waals surface area contributed by atoms with Gasteiger partial charge < -0.3 is 10.6 Å². The van der Waals surface area contributed by atoms with E-state index in [9.17, 15) is 4.79 Å². The van der Waals surface area contributed by atoms with Crippen LogP contribution in [0.15, 0.2) is 24.3 Å². The average Bonchev–Trinajstić information content (AvgIpc) is 2.09. The van der Waals surface area contributed by atoms with Crippen molar-refractivity contribution in [2.75, 3.05) is 11.9 Å². The molecule has 0 saturated heterocycles. The van der Waals surface area contributed by atoms with Gasteiger partial charge in [0, 0.05) is 12.2 Å². The second-order valence-electron chi connectivity index (χ2n) is 2.68. The Morgan fingerprint density at radius 2 is 2.00 bits per heavy atom. The van der Waals surface area contributed by atoms with Crippen LogP contribution in [0.25, 0.3) is 0 Å². The third kappa shape index (κ3) is 3.15. The summed E-state index contributed by atoms with van der Waals surface area (Å²) >= 11 is 0. The molecule has 2 N–H and O–H groups in total. The summed E-state index contributed by atoms with van der Waals surface area (Å²) in [5.41, 5.74) is 1.71. The molecule has 0 aliphatic rings. The van der Waals surface area contributed by atoms with Crippen LogP contribution >= 0.6 is 0 Å². The van der Waals surface area contributed by atoms with Gasteiger partial charge in [-0.3, -0.25) is 0 Å². The lowest BCUT2D eigenvalue weighted by atomic mass is 10.2. The van der Waals surface area contributed by atoms with Crippen LogP contribution in [-0.2, 0) is 0 Å². The highest BCUT2D eigenvalue weighted by molar-refractivity contribution is 5.89. The van der Waals surface area contributed by atoms with Crippen molar-refractivity contribution in [3.8, 4) is 0 Å². The number of urea groups is 1. The molecule has 0 bridgehead atoms. The molecule has 1 aromatic rings. The first kappa shape index (κ1) is 9.58. The summed E-state index contributed by atoms with van der Waals surface area (Å²) in [6.45, 7) is 6.25. The van der Waals surface area contributed by atoms with E-state index in [0.29, 0.717) is 6.54 Å². The van der Waals surface area contributed by atoms with Gasteiger partial charge >= 0.3 is 6.03 Å². The highest BCUT2D eigenvalue weighted by Gasteiger charge is 1.97. The average molecular weight is 177 g/mol. The van der Waals surface area contributed by atoms with Gasteiger partial charge in [-0.15, -0.1) is 0 Å². The lowest BCUT2D eigenvalue weighted by Gasteiger charge is -2.05. The molecule has 3 nitrogen and oxygen atoms in total. The number of carbonyl (C=O) groups is 1. The number of hydrogen-bond acceptors (Lipinski definition) is 1. The maximum Gasteiger partial charge on any atom is 0.319 e. The van der Waals surface area contributed by atoms with Gasteiger partial charge in [-0.25, -0.2) is 4.79 Å². The molecular weight excluding hydrogens is 164 g/mol. The molecule has 1 rings (SSSR count). The number of hydrogen-bond donors (Lipinski definition) is 2. The molecule has 0 atom stereocenters.